The number of rotatable bonds is 5. The molecule has 0 aliphatic rings. The zero-order valence-corrected chi connectivity index (χ0v) is 12.9. The minimum atomic E-state index is -0.193. The second-order valence-corrected chi connectivity index (χ2v) is 5.74. The molecule has 2 aromatic heterocycles. The molecule has 0 fully saturated rings. The van der Waals surface area contributed by atoms with E-state index in [0.717, 1.165) is 10.6 Å². The van der Waals surface area contributed by atoms with E-state index in [4.69, 9.17) is 0 Å². The smallest absolute Gasteiger partial charge is 0.313 e. The van der Waals surface area contributed by atoms with Gasteiger partial charge in [0.2, 0.25) is 0 Å². The number of H-pyrrole nitrogens is 1. The number of nitrogens with zero attached hydrogens (tertiary/aromatic N) is 3. The highest BCUT2D eigenvalue weighted by atomic mass is 32.2. The standard InChI is InChI=1S/C13H19N5OS/c1-8(2)18-12(19)16-17-13(18)20-11-10(9(3)14-4)6-5-7-15-11/h5-9,14H,1-4H3,(H,16,19). The SMILES string of the molecule is CNC(C)c1cccnc1Sc1n[nH]c(=O)n1C(C)C. The Bertz CT molecular complexity index is 634. The lowest BCUT2D eigenvalue weighted by molar-refractivity contribution is 0.533. The highest BCUT2D eigenvalue weighted by Crippen LogP contribution is 2.30. The van der Waals surface area contributed by atoms with E-state index in [1.54, 1.807) is 10.8 Å². The van der Waals surface area contributed by atoms with Gasteiger partial charge in [-0.15, -0.1) is 5.10 Å². The summed E-state index contributed by atoms with van der Waals surface area (Å²) >= 11 is 1.40. The first-order valence-corrected chi connectivity index (χ1v) is 7.33. The van der Waals surface area contributed by atoms with Crippen LogP contribution in [0, 0.1) is 0 Å². The van der Waals surface area contributed by atoms with E-state index in [0.29, 0.717) is 5.16 Å². The Morgan fingerprint density at radius 2 is 2.15 bits per heavy atom. The summed E-state index contributed by atoms with van der Waals surface area (Å²) in [6, 6.07) is 4.18. The Hall–Kier alpha value is -1.60. The molecule has 0 saturated carbocycles. The van der Waals surface area contributed by atoms with Crippen LogP contribution in [0.1, 0.15) is 38.4 Å². The van der Waals surface area contributed by atoms with Gasteiger partial charge in [0.1, 0.15) is 5.03 Å². The first kappa shape index (κ1) is 14.8. The summed E-state index contributed by atoms with van der Waals surface area (Å²) in [6.07, 6.45) is 1.75. The molecular formula is C13H19N5OS. The summed E-state index contributed by atoms with van der Waals surface area (Å²) in [7, 11) is 1.91. The van der Waals surface area contributed by atoms with E-state index in [9.17, 15) is 4.79 Å². The summed E-state index contributed by atoms with van der Waals surface area (Å²) in [5.41, 5.74) is 0.896. The second-order valence-electron chi connectivity index (χ2n) is 4.79. The topological polar surface area (TPSA) is 75.6 Å². The minimum absolute atomic E-state index is 0.0534. The summed E-state index contributed by atoms with van der Waals surface area (Å²) < 4.78 is 1.63. The van der Waals surface area contributed by atoms with Crippen molar-refractivity contribution in [1.29, 1.82) is 0 Å². The van der Waals surface area contributed by atoms with Gasteiger partial charge in [-0.1, -0.05) is 6.07 Å². The van der Waals surface area contributed by atoms with Crippen LogP contribution in [-0.4, -0.2) is 26.8 Å². The van der Waals surface area contributed by atoms with Crippen LogP contribution in [-0.2, 0) is 0 Å². The molecule has 1 unspecified atom stereocenters. The molecule has 0 aliphatic heterocycles. The van der Waals surface area contributed by atoms with Crippen LogP contribution in [0.5, 0.6) is 0 Å². The Morgan fingerprint density at radius 1 is 1.40 bits per heavy atom. The first-order chi connectivity index (χ1) is 9.54. The molecule has 1 atom stereocenters. The van der Waals surface area contributed by atoms with Crippen molar-refractivity contribution in [1.82, 2.24) is 25.1 Å². The maximum atomic E-state index is 11.7. The van der Waals surface area contributed by atoms with E-state index in [-0.39, 0.29) is 17.8 Å². The van der Waals surface area contributed by atoms with Gasteiger partial charge in [-0.25, -0.2) is 14.9 Å². The van der Waals surface area contributed by atoms with Gasteiger partial charge in [-0.3, -0.25) is 4.57 Å². The maximum absolute atomic E-state index is 11.7. The average molecular weight is 293 g/mol. The molecule has 2 heterocycles. The molecule has 20 heavy (non-hydrogen) atoms. The third kappa shape index (κ3) is 2.94. The van der Waals surface area contributed by atoms with Crippen molar-refractivity contribution in [2.75, 3.05) is 7.05 Å². The fraction of sp³-hybridized carbons (Fsp3) is 0.462. The summed E-state index contributed by atoms with van der Waals surface area (Å²) in [4.78, 5) is 16.2. The van der Waals surface area contributed by atoms with E-state index < -0.39 is 0 Å². The quantitative estimate of drug-likeness (QED) is 0.881. The van der Waals surface area contributed by atoms with Gasteiger partial charge in [-0.05, 0) is 45.6 Å². The third-order valence-corrected chi connectivity index (χ3v) is 4.08. The van der Waals surface area contributed by atoms with Gasteiger partial charge in [-0.2, -0.15) is 0 Å². The van der Waals surface area contributed by atoms with Crippen molar-refractivity contribution in [3.8, 4) is 0 Å². The van der Waals surface area contributed by atoms with Crippen molar-refractivity contribution >= 4 is 11.8 Å². The summed E-state index contributed by atoms with van der Waals surface area (Å²) in [5.74, 6) is 0. The van der Waals surface area contributed by atoms with Crippen molar-refractivity contribution in [2.24, 2.45) is 0 Å². The van der Waals surface area contributed by atoms with Crippen LogP contribution in [0.15, 0.2) is 33.3 Å². The molecule has 6 nitrogen and oxygen atoms in total. The van der Waals surface area contributed by atoms with Crippen molar-refractivity contribution < 1.29 is 0 Å². The molecule has 0 bridgehead atoms. The molecule has 0 amide bonds. The van der Waals surface area contributed by atoms with Gasteiger partial charge in [0, 0.05) is 23.8 Å². The molecule has 0 aliphatic carbocycles. The lowest BCUT2D eigenvalue weighted by atomic mass is 10.1. The molecular weight excluding hydrogens is 274 g/mol. The Kier molecular flexibility index (Phi) is 4.61. The zero-order valence-electron chi connectivity index (χ0n) is 12.0. The van der Waals surface area contributed by atoms with Crippen LogP contribution in [0.3, 0.4) is 0 Å². The molecule has 0 radical (unpaired) electrons. The number of hydrogen-bond acceptors (Lipinski definition) is 5. The maximum Gasteiger partial charge on any atom is 0.344 e. The second kappa shape index (κ2) is 6.23. The van der Waals surface area contributed by atoms with Crippen molar-refractivity contribution in [2.45, 2.75) is 43.0 Å². The van der Waals surface area contributed by atoms with E-state index in [2.05, 4.69) is 27.4 Å². The van der Waals surface area contributed by atoms with E-state index in [1.165, 1.54) is 11.8 Å². The lowest BCUT2D eigenvalue weighted by Gasteiger charge is -2.14. The number of nitrogens with one attached hydrogen (secondary N) is 2. The van der Waals surface area contributed by atoms with E-state index >= 15 is 0 Å². The number of pyridine rings is 1. The number of aromatic amines is 1. The van der Waals surface area contributed by atoms with Crippen LogP contribution >= 0.6 is 11.8 Å². The molecule has 2 aromatic rings. The molecule has 0 aromatic carbocycles. The Balaban J connectivity index is 2.38. The Morgan fingerprint density at radius 3 is 2.80 bits per heavy atom. The lowest BCUT2D eigenvalue weighted by Crippen LogP contribution is -2.19. The average Bonchev–Trinajstić information content (AvgIpc) is 2.79. The van der Waals surface area contributed by atoms with E-state index in [1.807, 2.05) is 33.0 Å². The van der Waals surface area contributed by atoms with Gasteiger partial charge in [0.15, 0.2) is 5.16 Å². The zero-order chi connectivity index (χ0) is 14.7. The van der Waals surface area contributed by atoms with Gasteiger partial charge in [0.05, 0.1) is 0 Å². The normalized spacial score (nSPS) is 12.8. The molecule has 108 valence electrons. The highest BCUT2D eigenvalue weighted by molar-refractivity contribution is 7.99. The predicted molar refractivity (Wildman–Crippen MR) is 79.1 cm³/mol. The van der Waals surface area contributed by atoms with Crippen LogP contribution in [0.4, 0.5) is 0 Å². The molecule has 2 rings (SSSR count). The number of hydrogen-bond donors (Lipinski definition) is 2. The molecule has 0 saturated heterocycles. The van der Waals surface area contributed by atoms with Crippen LogP contribution in [0.2, 0.25) is 0 Å². The Labute approximate surface area is 122 Å². The monoisotopic (exact) mass is 293 g/mol. The van der Waals surface area contributed by atoms with Crippen LogP contribution < -0.4 is 11.0 Å². The van der Waals surface area contributed by atoms with Gasteiger partial charge in [0.25, 0.3) is 0 Å². The largest absolute Gasteiger partial charge is 0.344 e. The number of aromatic nitrogens is 4. The highest BCUT2D eigenvalue weighted by Gasteiger charge is 2.17. The molecule has 7 heteroatoms. The molecule has 2 N–H and O–H groups in total. The van der Waals surface area contributed by atoms with Crippen molar-refractivity contribution in [3.63, 3.8) is 0 Å². The fourth-order valence-electron chi connectivity index (χ4n) is 1.88. The minimum Gasteiger partial charge on any atom is -0.313 e. The summed E-state index contributed by atoms with van der Waals surface area (Å²) in [6.45, 7) is 5.98. The van der Waals surface area contributed by atoms with Crippen LogP contribution in [0.25, 0.3) is 0 Å². The van der Waals surface area contributed by atoms with Gasteiger partial charge < -0.3 is 5.32 Å². The fourth-order valence-corrected chi connectivity index (χ4v) is 3.01. The van der Waals surface area contributed by atoms with Crippen molar-refractivity contribution in [3.05, 3.63) is 34.4 Å². The first-order valence-electron chi connectivity index (χ1n) is 6.51. The predicted octanol–water partition coefficient (Wildman–Crippen LogP) is 1.98. The molecule has 0 spiro atoms. The van der Waals surface area contributed by atoms with Gasteiger partial charge >= 0.3 is 5.69 Å². The summed E-state index contributed by atoms with van der Waals surface area (Å²) in [5, 5.41) is 11.3. The third-order valence-electron chi connectivity index (χ3n) is 3.08.